The molecule has 5 aliphatic rings. The molecule has 2 amide bonds. The lowest BCUT2D eigenvalue weighted by atomic mass is 9.49. The number of rotatable bonds is 3. The zero-order valence-corrected chi connectivity index (χ0v) is 15.5. The van der Waals surface area contributed by atoms with Crippen molar-refractivity contribution in [3.63, 3.8) is 0 Å². The Balaban J connectivity index is 1.35. The Hall–Kier alpha value is -1.85. The Morgan fingerprint density at radius 1 is 1.19 bits per heavy atom. The molecule has 140 valence electrons. The molecule has 1 unspecified atom stereocenters. The van der Waals surface area contributed by atoms with E-state index in [0.29, 0.717) is 5.69 Å². The highest BCUT2D eigenvalue weighted by Gasteiger charge is 2.56. The topological polar surface area (TPSA) is 78.1 Å². The third-order valence-electron chi connectivity index (χ3n) is 7.40. The Bertz CT molecular complexity index is 705. The zero-order chi connectivity index (χ0) is 17.9. The van der Waals surface area contributed by atoms with Crippen LogP contribution in [0.25, 0.3) is 0 Å². The van der Waals surface area contributed by atoms with E-state index in [1.54, 1.807) is 6.20 Å². The van der Waals surface area contributed by atoms with Crippen LogP contribution in [-0.2, 0) is 9.59 Å². The summed E-state index contributed by atoms with van der Waals surface area (Å²) in [6.45, 7) is 2.61. The normalized spacial score (nSPS) is 38.0. The monoisotopic (exact) mass is 356 g/mol. The summed E-state index contributed by atoms with van der Waals surface area (Å²) in [5, 5.41) is 9.77. The van der Waals surface area contributed by atoms with Gasteiger partial charge in [0.2, 0.25) is 11.8 Å². The molecule has 6 nitrogen and oxygen atoms in total. The number of amides is 2. The molecule has 0 aromatic carbocycles. The number of hydrogen-bond acceptors (Lipinski definition) is 3. The second kappa shape index (κ2) is 5.83. The van der Waals surface area contributed by atoms with Crippen molar-refractivity contribution in [3.05, 3.63) is 11.9 Å². The van der Waals surface area contributed by atoms with Crippen molar-refractivity contribution >= 4 is 17.5 Å². The van der Waals surface area contributed by atoms with E-state index in [2.05, 4.69) is 15.5 Å². The van der Waals surface area contributed by atoms with Gasteiger partial charge in [-0.15, -0.1) is 0 Å². The van der Waals surface area contributed by atoms with Crippen LogP contribution in [0.15, 0.2) is 6.20 Å². The van der Waals surface area contributed by atoms with E-state index < -0.39 is 0 Å². The minimum absolute atomic E-state index is 0.0647. The number of nitrogens with zero attached hydrogens (tertiary/aromatic N) is 2. The largest absolute Gasteiger partial charge is 0.330 e. The molecule has 1 aromatic rings. The standard InChI is InChI=1S/C20H28N4O2/c1-12-16(11-21-23-12)22-18(25)17-3-2-4-24(17)19(26)20-8-13-5-14(9-20)7-15(6-13)10-20/h11,13-15,17H,2-10H2,1H3,(H,21,23)(H,22,25). The molecule has 26 heavy (non-hydrogen) atoms. The van der Waals surface area contributed by atoms with Crippen molar-refractivity contribution in [2.45, 2.75) is 64.3 Å². The zero-order valence-electron chi connectivity index (χ0n) is 15.5. The van der Waals surface area contributed by atoms with Crippen LogP contribution in [0, 0.1) is 30.1 Å². The first kappa shape index (κ1) is 16.3. The molecule has 1 aromatic heterocycles. The van der Waals surface area contributed by atoms with Crippen LogP contribution in [0.5, 0.6) is 0 Å². The van der Waals surface area contributed by atoms with E-state index in [9.17, 15) is 9.59 Å². The SMILES string of the molecule is Cc1[nH]ncc1NC(=O)C1CCCN1C(=O)C12CC3CC(CC(C3)C1)C2. The van der Waals surface area contributed by atoms with Gasteiger partial charge >= 0.3 is 0 Å². The van der Waals surface area contributed by atoms with Crippen LogP contribution in [0.2, 0.25) is 0 Å². The second-order valence-corrected chi connectivity index (χ2v) is 9.25. The first-order valence-electron chi connectivity index (χ1n) is 10.2. The van der Waals surface area contributed by atoms with Gasteiger partial charge in [0.25, 0.3) is 0 Å². The summed E-state index contributed by atoms with van der Waals surface area (Å²) in [6.07, 6.45) is 10.5. The molecule has 2 N–H and O–H groups in total. The van der Waals surface area contributed by atoms with E-state index >= 15 is 0 Å². The highest BCUT2D eigenvalue weighted by molar-refractivity contribution is 5.98. The van der Waals surface area contributed by atoms with Crippen LogP contribution in [-0.4, -0.2) is 39.5 Å². The predicted molar refractivity (Wildman–Crippen MR) is 97.3 cm³/mol. The Kier molecular flexibility index (Phi) is 3.66. The summed E-state index contributed by atoms with van der Waals surface area (Å²) >= 11 is 0. The van der Waals surface area contributed by atoms with Gasteiger partial charge < -0.3 is 10.2 Å². The Morgan fingerprint density at radius 2 is 1.85 bits per heavy atom. The maximum atomic E-state index is 13.6. The number of aromatic amines is 1. The van der Waals surface area contributed by atoms with Crippen molar-refractivity contribution in [3.8, 4) is 0 Å². The number of aromatic nitrogens is 2. The van der Waals surface area contributed by atoms with Crippen molar-refractivity contribution in [1.29, 1.82) is 0 Å². The molecular formula is C20H28N4O2. The lowest BCUT2D eigenvalue weighted by molar-refractivity contribution is -0.160. The minimum atomic E-state index is -0.329. The second-order valence-electron chi connectivity index (χ2n) is 9.25. The molecule has 6 rings (SSSR count). The number of carbonyl (C=O) groups is 2. The van der Waals surface area contributed by atoms with E-state index in [1.807, 2.05) is 11.8 Å². The third-order valence-corrected chi connectivity index (χ3v) is 7.40. The molecule has 4 aliphatic carbocycles. The summed E-state index contributed by atoms with van der Waals surface area (Å²) in [6, 6.07) is -0.329. The molecule has 0 radical (unpaired) electrons. The highest BCUT2D eigenvalue weighted by atomic mass is 16.2. The molecular weight excluding hydrogens is 328 g/mol. The van der Waals surface area contributed by atoms with Gasteiger partial charge in [0.15, 0.2) is 0 Å². The van der Waals surface area contributed by atoms with Crippen molar-refractivity contribution in [1.82, 2.24) is 15.1 Å². The third kappa shape index (κ3) is 2.48. The van der Waals surface area contributed by atoms with Gasteiger partial charge in [-0.05, 0) is 76.0 Å². The van der Waals surface area contributed by atoms with E-state index in [1.165, 1.54) is 19.3 Å². The van der Waals surface area contributed by atoms with Gasteiger partial charge in [0.05, 0.1) is 23.0 Å². The summed E-state index contributed by atoms with van der Waals surface area (Å²) in [7, 11) is 0. The van der Waals surface area contributed by atoms with Gasteiger partial charge in [0, 0.05) is 6.54 Å². The van der Waals surface area contributed by atoms with Gasteiger partial charge in [0.1, 0.15) is 6.04 Å². The van der Waals surface area contributed by atoms with Gasteiger partial charge in [-0.3, -0.25) is 14.7 Å². The first-order valence-corrected chi connectivity index (χ1v) is 10.2. The smallest absolute Gasteiger partial charge is 0.247 e. The summed E-state index contributed by atoms with van der Waals surface area (Å²) < 4.78 is 0. The molecule has 1 saturated heterocycles. The van der Waals surface area contributed by atoms with Crippen LogP contribution in [0.3, 0.4) is 0 Å². The fourth-order valence-electron chi connectivity index (χ4n) is 6.65. The van der Waals surface area contributed by atoms with Crippen molar-refractivity contribution < 1.29 is 9.59 Å². The summed E-state index contributed by atoms with van der Waals surface area (Å²) in [5.74, 6) is 2.44. The Labute approximate surface area is 154 Å². The maximum absolute atomic E-state index is 13.6. The van der Waals surface area contributed by atoms with Crippen LogP contribution in [0.4, 0.5) is 5.69 Å². The average Bonchev–Trinajstić information content (AvgIpc) is 3.22. The predicted octanol–water partition coefficient (Wildman–Crippen LogP) is 2.86. The molecule has 2 heterocycles. The fraction of sp³-hybridized carbons (Fsp3) is 0.750. The lowest BCUT2D eigenvalue weighted by Crippen LogP contribution is -2.56. The molecule has 4 bridgehead atoms. The molecule has 0 spiro atoms. The summed E-state index contributed by atoms with van der Waals surface area (Å²) in [4.78, 5) is 28.4. The number of nitrogens with one attached hydrogen (secondary N) is 2. The van der Waals surface area contributed by atoms with E-state index in [0.717, 1.165) is 62.1 Å². The fourth-order valence-corrected chi connectivity index (χ4v) is 6.65. The van der Waals surface area contributed by atoms with Gasteiger partial charge in [-0.25, -0.2) is 0 Å². The number of likely N-dealkylation sites (tertiary alicyclic amines) is 1. The van der Waals surface area contributed by atoms with Gasteiger partial charge in [-0.2, -0.15) is 5.10 Å². The van der Waals surface area contributed by atoms with Crippen molar-refractivity contribution in [2.75, 3.05) is 11.9 Å². The molecule has 6 heteroatoms. The Morgan fingerprint density at radius 3 is 2.42 bits per heavy atom. The number of carbonyl (C=O) groups excluding carboxylic acids is 2. The van der Waals surface area contributed by atoms with Crippen molar-refractivity contribution in [2.24, 2.45) is 23.2 Å². The van der Waals surface area contributed by atoms with Crippen LogP contribution >= 0.6 is 0 Å². The molecule has 5 fully saturated rings. The number of hydrogen-bond donors (Lipinski definition) is 2. The first-order chi connectivity index (χ1) is 12.5. The minimum Gasteiger partial charge on any atom is -0.330 e. The maximum Gasteiger partial charge on any atom is 0.247 e. The molecule has 4 saturated carbocycles. The molecule has 1 aliphatic heterocycles. The van der Waals surface area contributed by atoms with E-state index in [-0.39, 0.29) is 23.3 Å². The van der Waals surface area contributed by atoms with Crippen LogP contribution in [0.1, 0.15) is 57.1 Å². The molecule has 1 atom stereocenters. The summed E-state index contributed by atoms with van der Waals surface area (Å²) in [5.41, 5.74) is 1.39. The van der Waals surface area contributed by atoms with Gasteiger partial charge in [-0.1, -0.05) is 0 Å². The number of aryl methyl sites for hydroxylation is 1. The van der Waals surface area contributed by atoms with Crippen LogP contribution < -0.4 is 5.32 Å². The average molecular weight is 356 g/mol. The quantitative estimate of drug-likeness (QED) is 0.874. The highest BCUT2D eigenvalue weighted by Crippen LogP contribution is 2.60. The van der Waals surface area contributed by atoms with E-state index in [4.69, 9.17) is 0 Å². The number of H-pyrrole nitrogens is 1. The lowest BCUT2D eigenvalue weighted by Gasteiger charge is -2.56. The number of anilines is 1.